The van der Waals surface area contributed by atoms with Crippen molar-refractivity contribution >= 4 is 9.84 Å². The minimum Gasteiger partial charge on any atom is -0.457 e. The van der Waals surface area contributed by atoms with Crippen LogP contribution in [0.25, 0.3) is 0 Å². The van der Waals surface area contributed by atoms with Gasteiger partial charge >= 0.3 is 0 Å². The van der Waals surface area contributed by atoms with Gasteiger partial charge in [-0.2, -0.15) is 0 Å². The van der Waals surface area contributed by atoms with Gasteiger partial charge < -0.3 is 10.5 Å². The molecule has 20 heavy (non-hydrogen) atoms. The average molecular weight is 291 g/mol. The number of hydrogen-bond donors (Lipinski definition) is 1. The molecule has 0 heterocycles. The molecule has 0 aliphatic heterocycles. The zero-order valence-electron chi connectivity index (χ0n) is 11.2. The highest BCUT2D eigenvalue weighted by Crippen LogP contribution is 2.23. The number of benzene rings is 2. The second-order valence-electron chi connectivity index (χ2n) is 4.53. The van der Waals surface area contributed by atoms with E-state index < -0.39 is 9.84 Å². The lowest BCUT2D eigenvalue weighted by Crippen LogP contribution is -2.02. The summed E-state index contributed by atoms with van der Waals surface area (Å²) in [5.41, 5.74) is 6.65. The van der Waals surface area contributed by atoms with Crippen molar-refractivity contribution in [3.63, 3.8) is 0 Å². The van der Waals surface area contributed by atoms with E-state index in [2.05, 4.69) is 0 Å². The highest BCUT2D eigenvalue weighted by Gasteiger charge is 2.06. The molecule has 0 unspecified atom stereocenters. The predicted molar refractivity (Wildman–Crippen MR) is 78.8 cm³/mol. The van der Waals surface area contributed by atoms with Crippen molar-refractivity contribution < 1.29 is 13.2 Å². The Morgan fingerprint density at radius 2 is 1.45 bits per heavy atom. The first-order valence-corrected chi connectivity index (χ1v) is 8.15. The van der Waals surface area contributed by atoms with Gasteiger partial charge in [-0.05, 0) is 54.9 Å². The van der Waals surface area contributed by atoms with Crippen molar-refractivity contribution in [2.45, 2.75) is 11.3 Å². The van der Waals surface area contributed by atoms with Crippen molar-refractivity contribution in [1.82, 2.24) is 0 Å². The van der Waals surface area contributed by atoms with Gasteiger partial charge in [0.05, 0.1) is 4.90 Å². The molecule has 0 saturated carbocycles. The first-order chi connectivity index (χ1) is 9.49. The number of rotatable bonds is 5. The lowest BCUT2D eigenvalue weighted by molar-refractivity contribution is 0.482. The largest absolute Gasteiger partial charge is 0.457 e. The van der Waals surface area contributed by atoms with Crippen LogP contribution in [0.4, 0.5) is 0 Å². The van der Waals surface area contributed by atoms with Crippen LogP contribution in [0.2, 0.25) is 0 Å². The summed E-state index contributed by atoms with van der Waals surface area (Å²) >= 11 is 0. The Labute approximate surface area is 119 Å². The summed E-state index contributed by atoms with van der Waals surface area (Å²) in [5, 5.41) is 0. The molecule has 2 aromatic rings. The summed E-state index contributed by atoms with van der Waals surface area (Å²) < 4.78 is 28.4. The zero-order valence-corrected chi connectivity index (χ0v) is 12.1. The Balaban J connectivity index is 2.10. The minimum absolute atomic E-state index is 0.281. The summed E-state index contributed by atoms with van der Waals surface area (Å²) in [6, 6.07) is 14.0. The lowest BCUT2D eigenvalue weighted by atomic mass is 10.1. The highest BCUT2D eigenvalue weighted by atomic mass is 32.2. The molecular formula is C15H17NO3S. The monoisotopic (exact) mass is 291 g/mol. The van der Waals surface area contributed by atoms with E-state index in [1.54, 1.807) is 12.1 Å². The van der Waals surface area contributed by atoms with Crippen LogP contribution in [0, 0.1) is 0 Å². The van der Waals surface area contributed by atoms with Crippen LogP contribution >= 0.6 is 0 Å². The molecule has 0 aliphatic rings. The van der Waals surface area contributed by atoms with Gasteiger partial charge in [-0.15, -0.1) is 0 Å². The Hall–Kier alpha value is -1.85. The summed E-state index contributed by atoms with van der Waals surface area (Å²) in [7, 11) is -3.17. The fourth-order valence-electron chi connectivity index (χ4n) is 1.78. The standard InChI is InChI=1S/C15H17NO3S/c1-20(17,18)15-8-6-14(7-9-15)19-13-4-2-12(3-5-13)10-11-16/h2-9H,10-11,16H2,1H3. The zero-order chi connectivity index (χ0) is 14.6. The molecule has 4 nitrogen and oxygen atoms in total. The Bertz CT molecular complexity index is 661. The predicted octanol–water partition coefficient (Wildman–Crippen LogP) is 2.38. The molecule has 0 bridgehead atoms. The maximum Gasteiger partial charge on any atom is 0.175 e. The van der Waals surface area contributed by atoms with Gasteiger partial charge in [-0.25, -0.2) is 8.42 Å². The second-order valence-corrected chi connectivity index (χ2v) is 6.54. The second kappa shape index (κ2) is 6.07. The van der Waals surface area contributed by atoms with E-state index in [1.807, 2.05) is 24.3 Å². The molecule has 0 amide bonds. The highest BCUT2D eigenvalue weighted by molar-refractivity contribution is 7.90. The Morgan fingerprint density at radius 3 is 1.90 bits per heavy atom. The van der Waals surface area contributed by atoms with Crippen LogP contribution in [-0.2, 0) is 16.3 Å². The van der Waals surface area contributed by atoms with Gasteiger partial charge in [0.15, 0.2) is 9.84 Å². The van der Waals surface area contributed by atoms with E-state index >= 15 is 0 Å². The molecule has 2 aromatic carbocycles. The first-order valence-electron chi connectivity index (χ1n) is 6.26. The average Bonchev–Trinajstić information content (AvgIpc) is 2.41. The van der Waals surface area contributed by atoms with Crippen molar-refractivity contribution in [3.8, 4) is 11.5 Å². The van der Waals surface area contributed by atoms with Gasteiger partial charge in [0.25, 0.3) is 0 Å². The molecule has 0 aliphatic carbocycles. The molecule has 0 spiro atoms. The Morgan fingerprint density at radius 1 is 0.950 bits per heavy atom. The molecule has 0 radical (unpaired) electrons. The number of ether oxygens (including phenoxy) is 1. The van der Waals surface area contributed by atoms with Crippen molar-refractivity contribution in [1.29, 1.82) is 0 Å². The quantitative estimate of drug-likeness (QED) is 0.918. The number of nitrogens with two attached hydrogens (primary N) is 1. The molecule has 5 heteroatoms. The van der Waals surface area contributed by atoms with Crippen molar-refractivity contribution in [2.75, 3.05) is 12.8 Å². The third-order valence-electron chi connectivity index (χ3n) is 2.84. The van der Waals surface area contributed by atoms with E-state index in [0.29, 0.717) is 18.0 Å². The van der Waals surface area contributed by atoms with E-state index in [4.69, 9.17) is 10.5 Å². The maximum atomic E-state index is 11.4. The molecule has 0 aromatic heterocycles. The van der Waals surface area contributed by atoms with E-state index in [9.17, 15) is 8.42 Å². The van der Waals surface area contributed by atoms with E-state index in [1.165, 1.54) is 18.4 Å². The maximum absolute atomic E-state index is 11.4. The molecular weight excluding hydrogens is 274 g/mol. The van der Waals surface area contributed by atoms with Crippen LogP contribution in [0.1, 0.15) is 5.56 Å². The molecule has 2 N–H and O–H groups in total. The van der Waals surface area contributed by atoms with Gasteiger partial charge in [0, 0.05) is 6.26 Å². The van der Waals surface area contributed by atoms with Gasteiger partial charge in [0.2, 0.25) is 0 Å². The third-order valence-corrected chi connectivity index (χ3v) is 3.97. The van der Waals surface area contributed by atoms with Crippen molar-refractivity contribution in [2.24, 2.45) is 5.73 Å². The summed E-state index contributed by atoms with van der Waals surface area (Å²) in [6.45, 7) is 0.618. The lowest BCUT2D eigenvalue weighted by Gasteiger charge is -2.07. The molecule has 106 valence electrons. The number of sulfone groups is 1. The third kappa shape index (κ3) is 3.82. The Kier molecular flexibility index (Phi) is 4.42. The van der Waals surface area contributed by atoms with Crippen LogP contribution in [0.5, 0.6) is 11.5 Å². The molecule has 0 atom stereocenters. The van der Waals surface area contributed by atoms with Crippen LogP contribution in [0.3, 0.4) is 0 Å². The SMILES string of the molecule is CS(=O)(=O)c1ccc(Oc2ccc(CCN)cc2)cc1. The van der Waals surface area contributed by atoms with Gasteiger partial charge in [-0.1, -0.05) is 12.1 Å². The van der Waals surface area contributed by atoms with Gasteiger partial charge in [0.1, 0.15) is 11.5 Å². The van der Waals surface area contributed by atoms with Gasteiger partial charge in [-0.3, -0.25) is 0 Å². The van der Waals surface area contributed by atoms with Crippen molar-refractivity contribution in [3.05, 3.63) is 54.1 Å². The topological polar surface area (TPSA) is 69.4 Å². The number of hydrogen-bond acceptors (Lipinski definition) is 4. The fraction of sp³-hybridized carbons (Fsp3) is 0.200. The van der Waals surface area contributed by atoms with E-state index in [0.717, 1.165) is 12.0 Å². The minimum atomic E-state index is -3.17. The van der Waals surface area contributed by atoms with Crippen LogP contribution in [-0.4, -0.2) is 21.2 Å². The van der Waals surface area contributed by atoms with Crippen LogP contribution in [0.15, 0.2) is 53.4 Å². The van der Waals surface area contributed by atoms with Crippen LogP contribution < -0.4 is 10.5 Å². The summed E-state index contributed by atoms with van der Waals surface area (Å²) in [6.07, 6.45) is 2.02. The smallest absolute Gasteiger partial charge is 0.175 e. The summed E-state index contributed by atoms with van der Waals surface area (Å²) in [4.78, 5) is 0.281. The molecule has 0 saturated heterocycles. The normalized spacial score (nSPS) is 11.3. The first kappa shape index (κ1) is 14.6. The molecule has 0 fully saturated rings. The summed E-state index contributed by atoms with van der Waals surface area (Å²) in [5.74, 6) is 1.31. The van der Waals surface area contributed by atoms with E-state index in [-0.39, 0.29) is 4.90 Å². The fourth-order valence-corrected chi connectivity index (χ4v) is 2.41. The molecule has 2 rings (SSSR count).